The van der Waals surface area contributed by atoms with Crippen LogP contribution in [0.25, 0.3) is 0 Å². The van der Waals surface area contributed by atoms with E-state index < -0.39 is 11.9 Å². The van der Waals surface area contributed by atoms with Crippen LogP contribution < -0.4 is 5.32 Å². The fraction of sp³-hybridized carbons (Fsp3) is 0.273. The molecule has 0 aromatic carbocycles. The molecule has 2 aromatic heterocycles. The van der Waals surface area contributed by atoms with Gasteiger partial charge in [0.15, 0.2) is 5.69 Å². The number of hydrogen-bond donors (Lipinski definition) is 2. The van der Waals surface area contributed by atoms with Crippen molar-refractivity contribution in [2.45, 2.75) is 13.0 Å². The molecule has 0 aliphatic heterocycles. The minimum atomic E-state index is -1.05. The van der Waals surface area contributed by atoms with Crippen molar-refractivity contribution < 1.29 is 19.1 Å². The summed E-state index contributed by atoms with van der Waals surface area (Å²) in [5, 5.41) is 18.3. The SMILES string of the molecule is O=C(O)Cn1cc(C(=O)NCCc2ccco2)nn1. The molecule has 0 radical (unpaired) electrons. The van der Waals surface area contributed by atoms with Crippen LogP contribution >= 0.6 is 0 Å². The first-order valence-corrected chi connectivity index (χ1v) is 5.57. The van der Waals surface area contributed by atoms with Crippen LogP contribution in [0.15, 0.2) is 29.0 Å². The third-order valence-corrected chi connectivity index (χ3v) is 2.31. The molecule has 0 aliphatic carbocycles. The van der Waals surface area contributed by atoms with Gasteiger partial charge in [-0.15, -0.1) is 5.10 Å². The van der Waals surface area contributed by atoms with Gasteiger partial charge in [-0.3, -0.25) is 9.59 Å². The maximum absolute atomic E-state index is 11.7. The van der Waals surface area contributed by atoms with Crippen LogP contribution in [0.1, 0.15) is 16.2 Å². The average Bonchev–Trinajstić information content (AvgIpc) is 2.99. The number of carboxylic acids is 1. The molecule has 0 aliphatic rings. The number of nitrogens with one attached hydrogen (secondary N) is 1. The second-order valence-electron chi connectivity index (χ2n) is 3.78. The minimum absolute atomic E-state index is 0.0840. The van der Waals surface area contributed by atoms with Gasteiger partial charge in [-0.1, -0.05) is 5.21 Å². The van der Waals surface area contributed by atoms with Crippen molar-refractivity contribution in [2.75, 3.05) is 6.54 Å². The van der Waals surface area contributed by atoms with E-state index in [0.29, 0.717) is 13.0 Å². The molecule has 2 rings (SSSR count). The summed E-state index contributed by atoms with van der Waals surface area (Å²) >= 11 is 0. The van der Waals surface area contributed by atoms with E-state index in [4.69, 9.17) is 9.52 Å². The number of hydrogen-bond acceptors (Lipinski definition) is 5. The van der Waals surface area contributed by atoms with Gasteiger partial charge in [-0.2, -0.15) is 0 Å². The molecule has 0 fully saturated rings. The molecule has 8 heteroatoms. The van der Waals surface area contributed by atoms with Crippen molar-refractivity contribution in [3.8, 4) is 0 Å². The highest BCUT2D eigenvalue weighted by molar-refractivity contribution is 5.91. The van der Waals surface area contributed by atoms with E-state index in [2.05, 4.69) is 15.6 Å². The summed E-state index contributed by atoms with van der Waals surface area (Å²) in [4.78, 5) is 22.1. The van der Waals surface area contributed by atoms with Gasteiger partial charge >= 0.3 is 5.97 Å². The largest absolute Gasteiger partial charge is 0.480 e. The summed E-state index contributed by atoms with van der Waals surface area (Å²) in [5.74, 6) is -0.673. The van der Waals surface area contributed by atoms with Crippen LogP contribution in [0.2, 0.25) is 0 Å². The number of furan rings is 1. The highest BCUT2D eigenvalue weighted by Gasteiger charge is 2.11. The van der Waals surface area contributed by atoms with Crippen LogP contribution in [-0.2, 0) is 17.8 Å². The Bertz CT molecular complexity index is 561. The first kappa shape index (κ1) is 12.8. The van der Waals surface area contributed by atoms with E-state index in [-0.39, 0.29) is 12.2 Å². The minimum Gasteiger partial charge on any atom is -0.480 e. The summed E-state index contributed by atoms with van der Waals surface area (Å²) in [6.07, 6.45) is 3.42. The molecule has 1 amide bonds. The van der Waals surface area contributed by atoms with Crippen LogP contribution in [-0.4, -0.2) is 38.5 Å². The lowest BCUT2D eigenvalue weighted by atomic mass is 10.3. The topological polar surface area (TPSA) is 110 Å². The molecule has 0 atom stereocenters. The van der Waals surface area contributed by atoms with E-state index in [9.17, 15) is 9.59 Å². The molecule has 8 nitrogen and oxygen atoms in total. The Labute approximate surface area is 108 Å². The fourth-order valence-corrected chi connectivity index (χ4v) is 1.46. The monoisotopic (exact) mass is 264 g/mol. The molecular formula is C11H12N4O4. The van der Waals surface area contributed by atoms with Gasteiger partial charge in [0.05, 0.1) is 12.5 Å². The molecule has 100 valence electrons. The van der Waals surface area contributed by atoms with Crippen LogP contribution in [0.3, 0.4) is 0 Å². The smallest absolute Gasteiger partial charge is 0.325 e. The molecule has 0 saturated carbocycles. The number of carbonyl (C=O) groups is 2. The van der Waals surface area contributed by atoms with E-state index >= 15 is 0 Å². The summed E-state index contributed by atoms with van der Waals surface area (Å²) in [5.41, 5.74) is 0.0840. The Balaban J connectivity index is 1.82. The quantitative estimate of drug-likeness (QED) is 0.755. The number of aliphatic carboxylic acids is 1. The molecule has 0 bridgehead atoms. The van der Waals surface area contributed by atoms with Gasteiger partial charge < -0.3 is 14.8 Å². The Morgan fingerprint density at radius 2 is 2.32 bits per heavy atom. The second kappa shape index (κ2) is 5.80. The fourth-order valence-electron chi connectivity index (χ4n) is 1.46. The number of nitrogens with zero attached hydrogens (tertiary/aromatic N) is 3. The molecular weight excluding hydrogens is 252 g/mol. The van der Waals surface area contributed by atoms with Crippen molar-refractivity contribution in [3.63, 3.8) is 0 Å². The predicted octanol–water partition coefficient (Wildman–Crippen LogP) is -0.0718. The Hall–Kier alpha value is -2.64. The van der Waals surface area contributed by atoms with Gasteiger partial charge in [0.25, 0.3) is 5.91 Å². The molecule has 0 saturated heterocycles. The van der Waals surface area contributed by atoms with E-state index in [1.165, 1.54) is 6.20 Å². The van der Waals surface area contributed by atoms with Crippen molar-refractivity contribution in [3.05, 3.63) is 36.0 Å². The lowest BCUT2D eigenvalue weighted by Crippen LogP contribution is -2.26. The zero-order valence-corrected chi connectivity index (χ0v) is 9.94. The van der Waals surface area contributed by atoms with Crippen molar-refractivity contribution in [2.24, 2.45) is 0 Å². The third-order valence-electron chi connectivity index (χ3n) is 2.31. The Morgan fingerprint density at radius 3 is 3.00 bits per heavy atom. The Kier molecular flexibility index (Phi) is 3.91. The van der Waals surface area contributed by atoms with Crippen molar-refractivity contribution in [1.29, 1.82) is 0 Å². The summed E-state index contributed by atoms with van der Waals surface area (Å²) in [6, 6.07) is 3.59. The van der Waals surface area contributed by atoms with Gasteiger partial charge in [0, 0.05) is 13.0 Å². The van der Waals surface area contributed by atoms with E-state index in [1.54, 1.807) is 12.3 Å². The lowest BCUT2D eigenvalue weighted by molar-refractivity contribution is -0.137. The van der Waals surface area contributed by atoms with Crippen molar-refractivity contribution >= 4 is 11.9 Å². The van der Waals surface area contributed by atoms with E-state index in [1.807, 2.05) is 6.07 Å². The van der Waals surface area contributed by atoms with Crippen LogP contribution in [0, 0.1) is 0 Å². The maximum atomic E-state index is 11.7. The Morgan fingerprint density at radius 1 is 1.47 bits per heavy atom. The van der Waals surface area contributed by atoms with Crippen molar-refractivity contribution in [1.82, 2.24) is 20.3 Å². The number of rotatable bonds is 6. The van der Waals surface area contributed by atoms with Gasteiger partial charge in [0.2, 0.25) is 0 Å². The molecule has 0 spiro atoms. The predicted molar refractivity (Wildman–Crippen MR) is 62.4 cm³/mol. The normalized spacial score (nSPS) is 10.3. The summed E-state index contributed by atoms with van der Waals surface area (Å²) in [7, 11) is 0. The molecule has 2 aromatic rings. The highest BCUT2D eigenvalue weighted by atomic mass is 16.4. The van der Waals surface area contributed by atoms with Crippen LogP contribution in [0.4, 0.5) is 0 Å². The maximum Gasteiger partial charge on any atom is 0.325 e. The molecule has 2 N–H and O–H groups in total. The number of amides is 1. The summed E-state index contributed by atoms with van der Waals surface area (Å²) in [6.45, 7) is 0.0742. The second-order valence-corrected chi connectivity index (χ2v) is 3.78. The van der Waals surface area contributed by atoms with Crippen LogP contribution in [0.5, 0.6) is 0 Å². The number of carboxylic acid groups (broad SMARTS) is 1. The van der Waals surface area contributed by atoms with Gasteiger partial charge in [-0.25, -0.2) is 4.68 Å². The average molecular weight is 264 g/mol. The van der Waals surface area contributed by atoms with Gasteiger partial charge in [-0.05, 0) is 12.1 Å². The molecule has 19 heavy (non-hydrogen) atoms. The number of aromatic nitrogens is 3. The zero-order valence-electron chi connectivity index (χ0n) is 9.94. The first-order valence-electron chi connectivity index (χ1n) is 5.57. The third kappa shape index (κ3) is 3.66. The summed E-state index contributed by atoms with van der Waals surface area (Å²) < 4.78 is 6.21. The number of carbonyl (C=O) groups excluding carboxylic acids is 1. The zero-order chi connectivity index (χ0) is 13.7. The van der Waals surface area contributed by atoms with E-state index in [0.717, 1.165) is 10.4 Å². The first-order chi connectivity index (χ1) is 9.15. The standard InChI is InChI=1S/C11H12N4O4/c16-10(17)7-15-6-9(13-14-15)11(18)12-4-3-8-2-1-5-19-8/h1-2,5-6H,3-4,7H2,(H,12,18)(H,16,17). The highest BCUT2D eigenvalue weighted by Crippen LogP contribution is 2.00. The molecule has 2 heterocycles. The lowest BCUT2D eigenvalue weighted by Gasteiger charge is -2.00. The molecule has 0 unspecified atom stereocenters. The van der Waals surface area contributed by atoms with Gasteiger partial charge in [0.1, 0.15) is 12.3 Å².